The van der Waals surface area contributed by atoms with Crippen molar-refractivity contribution in [2.24, 2.45) is 0 Å². The summed E-state index contributed by atoms with van der Waals surface area (Å²) >= 11 is 0. The number of fused-ring (bicyclic) bond motifs is 10. The molecular weight excluding hydrogens is 775 g/mol. The number of hydrogen-bond acceptors (Lipinski definition) is 2. The molecule has 0 radical (unpaired) electrons. The van der Waals surface area contributed by atoms with Gasteiger partial charge in [0, 0.05) is 33.1 Å². The normalized spacial score (nSPS) is 14.0. The molecule has 64 heavy (non-hydrogen) atoms. The molecule has 11 aromatic rings. The summed E-state index contributed by atoms with van der Waals surface area (Å²) in [5, 5.41) is 4.62. The molecule has 2 nitrogen and oxygen atoms in total. The third kappa shape index (κ3) is 5.14. The van der Waals surface area contributed by atoms with Gasteiger partial charge >= 0.3 is 0 Å². The molecule has 0 saturated carbocycles. The molecule has 302 valence electrons. The Morgan fingerprint density at radius 1 is 0.391 bits per heavy atom. The molecule has 13 rings (SSSR count). The van der Waals surface area contributed by atoms with Gasteiger partial charge in [-0.05, 0) is 121 Å². The number of hydrogen-bond donors (Lipinski definition) is 0. The van der Waals surface area contributed by atoms with E-state index < -0.39 is 5.41 Å². The van der Waals surface area contributed by atoms with E-state index in [0.717, 1.165) is 50.1 Å². The number of benzene rings is 10. The fraction of sp³-hybridized carbons (Fsp3) is 0.0645. The Morgan fingerprint density at radius 2 is 0.953 bits per heavy atom. The summed E-state index contributed by atoms with van der Waals surface area (Å²) in [6, 6.07) is 83.0. The second-order valence-electron chi connectivity index (χ2n) is 18.0. The Morgan fingerprint density at radius 3 is 1.69 bits per heavy atom. The minimum absolute atomic E-state index is 0.186. The van der Waals surface area contributed by atoms with Crippen LogP contribution in [0.3, 0.4) is 0 Å². The lowest BCUT2D eigenvalue weighted by Crippen LogP contribution is -2.28. The second-order valence-corrected chi connectivity index (χ2v) is 18.0. The maximum atomic E-state index is 6.67. The van der Waals surface area contributed by atoms with Crippen LogP contribution in [0.25, 0.3) is 66.1 Å². The first-order valence-electron chi connectivity index (χ1n) is 22.3. The first kappa shape index (κ1) is 36.7. The van der Waals surface area contributed by atoms with Crippen molar-refractivity contribution in [1.82, 2.24) is 0 Å². The predicted molar refractivity (Wildman–Crippen MR) is 266 cm³/mol. The molecular formula is C62H43NO. The van der Waals surface area contributed by atoms with E-state index in [1.165, 1.54) is 66.4 Å². The molecule has 0 spiro atoms. The van der Waals surface area contributed by atoms with Crippen LogP contribution in [-0.2, 0) is 10.8 Å². The van der Waals surface area contributed by atoms with Crippen LogP contribution < -0.4 is 4.90 Å². The summed E-state index contributed by atoms with van der Waals surface area (Å²) in [4.78, 5) is 2.52. The summed E-state index contributed by atoms with van der Waals surface area (Å²) < 4.78 is 6.67. The standard InChI is InChI=1S/C62H43NO/c1-61(2)52-26-14-11-23-47(52)49-33-31-45(38-54(49)61)63(56-35-36-58-60(51-25-13-16-28-57(51)64-58)59(56)42-30-29-40-17-9-10-18-41(40)37-42)46-32-34-50-48-24-12-15-27-53(48)62(55(50)39-46,43-19-5-3-6-20-43)44-21-7-4-8-22-44/h3-39H,1-2H3. The van der Waals surface area contributed by atoms with Crippen molar-refractivity contribution in [2.45, 2.75) is 24.7 Å². The number of nitrogens with zero attached hydrogens (tertiary/aromatic N) is 1. The van der Waals surface area contributed by atoms with E-state index in [4.69, 9.17) is 4.42 Å². The molecule has 1 aromatic heterocycles. The average Bonchev–Trinajstić information content (AvgIpc) is 3.95. The molecule has 1 heterocycles. The van der Waals surface area contributed by atoms with Crippen LogP contribution in [-0.4, -0.2) is 0 Å². The van der Waals surface area contributed by atoms with E-state index in [1.807, 2.05) is 0 Å². The lowest BCUT2D eigenvalue weighted by atomic mass is 9.67. The zero-order chi connectivity index (χ0) is 42.6. The number of anilines is 3. The molecule has 10 aromatic carbocycles. The van der Waals surface area contributed by atoms with Crippen molar-refractivity contribution in [1.29, 1.82) is 0 Å². The van der Waals surface area contributed by atoms with Crippen LogP contribution in [0, 0.1) is 0 Å². The molecule has 0 saturated heterocycles. The number of furan rings is 1. The lowest BCUT2D eigenvalue weighted by Gasteiger charge is -2.35. The maximum Gasteiger partial charge on any atom is 0.136 e. The zero-order valence-electron chi connectivity index (χ0n) is 35.7. The molecule has 0 aliphatic heterocycles. The van der Waals surface area contributed by atoms with Crippen LogP contribution in [0.2, 0.25) is 0 Å². The van der Waals surface area contributed by atoms with Gasteiger partial charge in [-0.2, -0.15) is 0 Å². The Kier molecular flexibility index (Phi) is 7.90. The third-order valence-electron chi connectivity index (χ3n) is 14.3. The summed E-state index contributed by atoms with van der Waals surface area (Å²) in [5.74, 6) is 0. The van der Waals surface area contributed by atoms with Gasteiger partial charge in [0.25, 0.3) is 0 Å². The van der Waals surface area contributed by atoms with E-state index in [-0.39, 0.29) is 5.41 Å². The molecule has 2 aliphatic carbocycles. The van der Waals surface area contributed by atoms with Crippen molar-refractivity contribution in [3.8, 4) is 33.4 Å². The van der Waals surface area contributed by atoms with E-state index in [9.17, 15) is 0 Å². The minimum Gasteiger partial charge on any atom is -0.456 e. The van der Waals surface area contributed by atoms with Crippen LogP contribution in [0.4, 0.5) is 17.1 Å². The highest BCUT2D eigenvalue weighted by Gasteiger charge is 2.46. The quantitative estimate of drug-likeness (QED) is 0.166. The molecule has 0 unspecified atom stereocenters. The summed E-state index contributed by atoms with van der Waals surface area (Å²) in [7, 11) is 0. The van der Waals surface area contributed by atoms with Gasteiger partial charge in [-0.15, -0.1) is 0 Å². The maximum absolute atomic E-state index is 6.67. The van der Waals surface area contributed by atoms with Gasteiger partial charge in [0.15, 0.2) is 0 Å². The molecule has 0 amide bonds. The van der Waals surface area contributed by atoms with Crippen molar-refractivity contribution in [3.05, 3.63) is 258 Å². The van der Waals surface area contributed by atoms with E-state index in [1.54, 1.807) is 0 Å². The average molecular weight is 818 g/mol. The van der Waals surface area contributed by atoms with Gasteiger partial charge in [-0.25, -0.2) is 0 Å². The van der Waals surface area contributed by atoms with Crippen molar-refractivity contribution >= 4 is 49.8 Å². The van der Waals surface area contributed by atoms with Gasteiger partial charge in [0.1, 0.15) is 11.2 Å². The van der Waals surface area contributed by atoms with Crippen LogP contribution in [0.5, 0.6) is 0 Å². The molecule has 0 bridgehead atoms. The fourth-order valence-corrected chi connectivity index (χ4v) is 11.5. The smallest absolute Gasteiger partial charge is 0.136 e. The molecule has 2 heteroatoms. The van der Waals surface area contributed by atoms with Crippen LogP contribution in [0.1, 0.15) is 47.2 Å². The van der Waals surface area contributed by atoms with Gasteiger partial charge in [0.2, 0.25) is 0 Å². The SMILES string of the molecule is CC1(C)c2ccccc2-c2ccc(N(c3ccc4c(c3)C(c3ccccc3)(c3ccccc3)c3ccccc3-4)c3ccc4oc5ccccc5c4c3-c3ccc4ccccc4c3)cc21. The first-order chi connectivity index (χ1) is 31.5. The van der Waals surface area contributed by atoms with Crippen molar-refractivity contribution in [3.63, 3.8) is 0 Å². The lowest BCUT2D eigenvalue weighted by molar-refractivity contribution is 0.660. The van der Waals surface area contributed by atoms with Crippen molar-refractivity contribution < 1.29 is 4.42 Å². The third-order valence-corrected chi connectivity index (χ3v) is 14.3. The van der Waals surface area contributed by atoms with Crippen LogP contribution in [0.15, 0.2) is 229 Å². The topological polar surface area (TPSA) is 16.4 Å². The second kappa shape index (κ2) is 13.8. The van der Waals surface area contributed by atoms with Gasteiger partial charge < -0.3 is 9.32 Å². The van der Waals surface area contributed by atoms with E-state index in [2.05, 4.69) is 243 Å². The largest absolute Gasteiger partial charge is 0.456 e. The Labute approximate surface area is 373 Å². The molecule has 0 fully saturated rings. The van der Waals surface area contributed by atoms with E-state index >= 15 is 0 Å². The highest BCUT2D eigenvalue weighted by molar-refractivity contribution is 6.17. The Hall–Kier alpha value is -7.94. The van der Waals surface area contributed by atoms with Gasteiger partial charge in [0.05, 0.1) is 11.1 Å². The summed E-state index contributed by atoms with van der Waals surface area (Å²) in [6.45, 7) is 4.74. The highest BCUT2D eigenvalue weighted by atomic mass is 16.3. The van der Waals surface area contributed by atoms with Crippen LogP contribution >= 0.6 is 0 Å². The monoisotopic (exact) mass is 817 g/mol. The number of rotatable bonds is 6. The Balaban J connectivity index is 1.14. The highest BCUT2D eigenvalue weighted by Crippen LogP contribution is 2.58. The molecule has 0 atom stereocenters. The van der Waals surface area contributed by atoms with Crippen molar-refractivity contribution in [2.75, 3.05) is 4.90 Å². The Bertz CT molecular complexity index is 3610. The van der Waals surface area contributed by atoms with E-state index in [0.29, 0.717) is 0 Å². The minimum atomic E-state index is -0.552. The van der Waals surface area contributed by atoms with Gasteiger partial charge in [-0.3, -0.25) is 0 Å². The molecule has 0 N–H and O–H groups in total. The first-order valence-corrected chi connectivity index (χ1v) is 22.3. The predicted octanol–water partition coefficient (Wildman–Crippen LogP) is 16.5. The zero-order valence-corrected chi connectivity index (χ0v) is 35.7. The molecule has 2 aliphatic rings. The fourth-order valence-electron chi connectivity index (χ4n) is 11.5. The summed E-state index contributed by atoms with van der Waals surface area (Å²) in [5.41, 5.74) is 19.5. The summed E-state index contributed by atoms with van der Waals surface area (Å²) in [6.07, 6.45) is 0. The van der Waals surface area contributed by atoms with Gasteiger partial charge in [-0.1, -0.05) is 190 Å². The number of para-hydroxylation sites is 1.